The maximum atomic E-state index is 10.9. The highest BCUT2D eigenvalue weighted by atomic mass is 127. The fourth-order valence-electron chi connectivity index (χ4n) is 1.65. The molecule has 0 spiro atoms. The number of nitrogens with one attached hydrogen (secondary N) is 2. The van der Waals surface area contributed by atoms with Crippen molar-refractivity contribution >= 4 is 35.6 Å². The second kappa shape index (κ2) is 8.81. The highest BCUT2D eigenvalue weighted by molar-refractivity contribution is 14.0. The quantitative estimate of drug-likeness (QED) is 0.265. The summed E-state index contributed by atoms with van der Waals surface area (Å²) in [4.78, 5) is 15.0. The van der Waals surface area contributed by atoms with Crippen molar-refractivity contribution in [1.82, 2.24) is 10.6 Å². The lowest BCUT2D eigenvalue weighted by molar-refractivity contribution is -0.385. The van der Waals surface area contributed by atoms with Crippen molar-refractivity contribution in [3.63, 3.8) is 0 Å². The minimum absolute atomic E-state index is 0. The van der Waals surface area contributed by atoms with Crippen molar-refractivity contribution in [3.05, 3.63) is 39.9 Å². The number of aliphatic imine (C=N–C) groups is 1. The number of nitro benzene ring substituents is 1. The Morgan fingerprint density at radius 2 is 1.95 bits per heavy atom. The van der Waals surface area contributed by atoms with E-state index in [0.29, 0.717) is 11.5 Å². The van der Waals surface area contributed by atoms with Crippen molar-refractivity contribution < 1.29 is 4.92 Å². The van der Waals surface area contributed by atoms with Crippen LogP contribution in [0.15, 0.2) is 29.3 Å². The van der Waals surface area contributed by atoms with Gasteiger partial charge in [0.05, 0.1) is 17.0 Å². The van der Waals surface area contributed by atoms with Crippen molar-refractivity contribution in [2.45, 2.75) is 39.8 Å². The predicted molar refractivity (Wildman–Crippen MR) is 96.2 cm³/mol. The van der Waals surface area contributed by atoms with Gasteiger partial charge in [0, 0.05) is 18.2 Å². The topological polar surface area (TPSA) is 79.6 Å². The molecule has 0 atom stereocenters. The lowest BCUT2D eigenvalue weighted by Gasteiger charge is -2.23. The van der Waals surface area contributed by atoms with Gasteiger partial charge in [-0.15, -0.1) is 24.0 Å². The largest absolute Gasteiger partial charge is 0.357 e. The molecule has 0 unspecified atom stereocenters. The molecular weight excluding hydrogens is 383 g/mol. The van der Waals surface area contributed by atoms with Crippen molar-refractivity contribution in [3.8, 4) is 0 Å². The van der Waals surface area contributed by atoms with Gasteiger partial charge in [-0.1, -0.05) is 18.2 Å². The van der Waals surface area contributed by atoms with Crippen LogP contribution in [0.4, 0.5) is 5.69 Å². The molecule has 1 rings (SSSR count). The Kier molecular flexibility index (Phi) is 8.23. The van der Waals surface area contributed by atoms with Crippen LogP contribution in [0.25, 0.3) is 0 Å². The maximum Gasteiger partial charge on any atom is 0.274 e. The van der Waals surface area contributed by atoms with Crippen LogP contribution in [0, 0.1) is 10.1 Å². The van der Waals surface area contributed by atoms with Gasteiger partial charge < -0.3 is 10.6 Å². The summed E-state index contributed by atoms with van der Waals surface area (Å²) < 4.78 is 0. The van der Waals surface area contributed by atoms with E-state index in [2.05, 4.69) is 15.6 Å². The zero-order chi connectivity index (χ0) is 15.2. The minimum atomic E-state index is -0.380. The first-order valence-corrected chi connectivity index (χ1v) is 6.62. The van der Waals surface area contributed by atoms with Crippen molar-refractivity contribution in [2.75, 3.05) is 6.54 Å². The molecule has 0 aliphatic heterocycles. The van der Waals surface area contributed by atoms with Gasteiger partial charge in [0.1, 0.15) is 0 Å². The summed E-state index contributed by atoms with van der Waals surface area (Å²) in [7, 11) is 0. The van der Waals surface area contributed by atoms with Crippen LogP contribution >= 0.6 is 24.0 Å². The Balaban J connectivity index is 0.00000400. The van der Waals surface area contributed by atoms with Gasteiger partial charge in [-0.05, 0) is 27.7 Å². The first-order valence-electron chi connectivity index (χ1n) is 6.62. The Morgan fingerprint density at radius 3 is 2.48 bits per heavy atom. The summed E-state index contributed by atoms with van der Waals surface area (Å²) in [5.74, 6) is 0.651. The number of halogens is 1. The van der Waals surface area contributed by atoms with E-state index in [0.717, 1.165) is 6.54 Å². The summed E-state index contributed by atoms with van der Waals surface area (Å²) in [6.45, 7) is 9.08. The lowest BCUT2D eigenvalue weighted by Crippen LogP contribution is -2.47. The standard InChI is InChI=1S/C14H22N4O2.HI/c1-5-15-13(17-14(2,3)4)16-10-11-8-6-7-9-12(11)18(19)20;/h6-9H,5,10H2,1-4H3,(H2,15,16,17);1H. The van der Waals surface area contributed by atoms with Gasteiger partial charge in [0.2, 0.25) is 0 Å². The molecule has 0 aliphatic rings. The number of para-hydroxylation sites is 1. The molecular formula is C14H23IN4O2. The molecule has 0 saturated heterocycles. The van der Waals surface area contributed by atoms with E-state index in [-0.39, 0.29) is 46.7 Å². The lowest BCUT2D eigenvalue weighted by atomic mass is 10.1. The van der Waals surface area contributed by atoms with Gasteiger partial charge in [-0.2, -0.15) is 0 Å². The molecule has 7 heteroatoms. The molecule has 0 bridgehead atoms. The summed E-state index contributed by atoms with van der Waals surface area (Å²) in [5.41, 5.74) is 0.579. The number of nitrogens with zero attached hydrogens (tertiary/aromatic N) is 2. The van der Waals surface area contributed by atoms with E-state index in [9.17, 15) is 10.1 Å². The zero-order valence-corrected chi connectivity index (χ0v) is 15.2. The third-order valence-corrected chi connectivity index (χ3v) is 2.43. The molecule has 0 radical (unpaired) electrons. The number of hydrogen-bond donors (Lipinski definition) is 2. The molecule has 0 amide bonds. The third-order valence-electron chi connectivity index (χ3n) is 2.43. The first kappa shape index (κ1) is 19.6. The molecule has 2 N–H and O–H groups in total. The molecule has 0 aliphatic carbocycles. The predicted octanol–water partition coefficient (Wildman–Crippen LogP) is 3.07. The molecule has 0 saturated carbocycles. The van der Waals surface area contributed by atoms with Crippen LogP contribution in [0.3, 0.4) is 0 Å². The second-order valence-corrected chi connectivity index (χ2v) is 5.46. The summed E-state index contributed by atoms with van der Waals surface area (Å²) in [5, 5.41) is 17.3. The average Bonchev–Trinajstić information content (AvgIpc) is 2.34. The SMILES string of the molecule is CCNC(=NCc1ccccc1[N+](=O)[O-])NC(C)(C)C.I. The maximum absolute atomic E-state index is 10.9. The van der Waals surface area contributed by atoms with Crippen molar-refractivity contribution in [2.24, 2.45) is 4.99 Å². The normalized spacial score (nSPS) is 11.5. The van der Waals surface area contributed by atoms with Crippen molar-refractivity contribution in [1.29, 1.82) is 0 Å². The smallest absolute Gasteiger partial charge is 0.274 e. The number of benzene rings is 1. The highest BCUT2D eigenvalue weighted by Gasteiger charge is 2.14. The van der Waals surface area contributed by atoms with Crippen LogP contribution in [0.2, 0.25) is 0 Å². The van der Waals surface area contributed by atoms with Crippen LogP contribution in [-0.4, -0.2) is 23.0 Å². The zero-order valence-electron chi connectivity index (χ0n) is 12.8. The van der Waals surface area contributed by atoms with Crippen LogP contribution in [0.1, 0.15) is 33.3 Å². The Labute approximate surface area is 142 Å². The molecule has 0 fully saturated rings. The van der Waals surface area contributed by atoms with Crippen LogP contribution in [-0.2, 0) is 6.54 Å². The molecule has 1 aromatic rings. The number of nitro groups is 1. The van der Waals surface area contributed by atoms with Gasteiger partial charge >= 0.3 is 0 Å². The third kappa shape index (κ3) is 7.26. The Bertz CT molecular complexity index is 498. The van der Waals surface area contributed by atoms with Gasteiger partial charge in [0.25, 0.3) is 5.69 Å². The van der Waals surface area contributed by atoms with Crippen LogP contribution in [0.5, 0.6) is 0 Å². The second-order valence-electron chi connectivity index (χ2n) is 5.46. The number of guanidine groups is 1. The first-order chi connectivity index (χ1) is 9.33. The van der Waals surface area contributed by atoms with E-state index < -0.39 is 0 Å². The van der Waals surface area contributed by atoms with E-state index in [4.69, 9.17) is 0 Å². The van der Waals surface area contributed by atoms with Gasteiger partial charge in [-0.25, -0.2) is 4.99 Å². The van der Waals surface area contributed by atoms with E-state index in [1.807, 2.05) is 27.7 Å². The fourth-order valence-corrected chi connectivity index (χ4v) is 1.65. The average molecular weight is 406 g/mol. The van der Waals surface area contributed by atoms with E-state index in [1.165, 1.54) is 6.07 Å². The molecule has 118 valence electrons. The van der Waals surface area contributed by atoms with Gasteiger partial charge in [0.15, 0.2) is 5.96 Å². The molecule has 0 heterocycles. The summed E-state index contributed by atoms with van der Waals surface area (Å²) >= 11 is 0. The number of rotatable bonds is 4. The molecule has 1 aromatic carbocycles. The minimum Gasteiger partial charge on any atom is -0.357 e. The van der Waals surface area contributed by atoms with Gasteiger partial charge in [-0.3, -0.25) is 10.1 Å². The fraction of sp³-hybridized carbons (Fsp3) is 0.500. The Hall–Kier alpha value is -1.38. The van der Waals surface area contributed by atoms with E-state index >= 15 is 0 Å². The highest BCUT2D eigenvalue weighted by Crippen LogP contribution is 2.18. The van der Waals surface area contributed by atoms with Crippen LogP contribution < -0.4 is 10.6 Å². The monoisotopic (exact) mass is 406 g/mol. The summed E-state index contributed by atoms with van der Waals surface area (Å²) in [6.07, 6.45) is 0. The molecule has 21 heavy (non-hydrogen) atoms. The molecule has 6 nitrogen and oxygen atoms in total. The van der Waals surface area contributed by atoms with E-state index in [1.54, 1.807) is 18.2 Å². The number of hydrogen-bond acceptors (Lipinski definition) is 3. The Morgan fingerprint density at radius 1 is 1.33 bits per heavy atom. The summed E-state index contributed by atoms with van der Waals surface area (Å²) in [6, 6.07) is 6.66. The molecule has 0 aromatic heterocycles.